The Morgan fingerprint density at radius 1 is 1.55 bits per heavy atom. The molecule has 1 aromatic carbocycles. The second-order valence-corrected chi connectivity index (χ2v) is 2.97. The molecule has 0 bridgehead atoms. The molecule has 0 aliphatic carbocycles. The van der Waals surface area contributed by atoms with Gasteiger partial charge in [-0.25, -0.2) is 0 Å². The maximum atomic E-state index is 5.70. The Balaban J connectivity index is 2.43. The molecule has 0 saturated heterocycles. The van der Waals surface area contributed by atoms with Crippen LogP contribution in [0.3, 0.4) is 0 Å². The van der Waals surface area contributed by atoms with Crippen molar-refractivity contribution < 1.29 is 4.74 Å². The molecule has 1 unspecified atom stereocenters. The minimum Gasteiger partial charge on any atom is -0.455 e. The zero-order chi connectivity index (χ0) is 7.84. The van der Waals surface area contributed by atoms with E-state index in [1.165, 1.54) is 5.56 Å². The molecular weight excluding hydrogens is 162 g/mol. The lowest BCUT2D eigenvalue weighted by atomic mass is 10.2. The highest BCUT2D eigenvalue weighted by molar-refractivity contribution is 6.21. The molecular formula is C8H8ClNO. The zero-order valence-corrected chi connectivity index (χ0v) is 6.85. The fourth-order valence-electron chi connectivity index (χ4n) is 1.12. The third-order valence-electron chi connectivity index (χ3n) is 1.63. The van der Waals surface area contributed by atoms with Gasteiger partial charge in [-0.3, -0.25) is 0 Å². The van der Waals surface area contributed by atoms with Gasteiger partial charge in [0.1, 0.15) is 5.75 Å². The van der Waals surface area contributed by atoms with Crippen molar-refractivity contribution in [2.45, 2.75) is 12.6 Å². The van der Waals surface area contributed by atoms with Crippen molar-refractivity contribution in [2.75, 3.05) is 5.32 Å². The van der Waals surface area contributed by atoms with Crippen molar-refractivity contribution in [3.63, 3.8) is 0 Å². The Morgan fingerprint density at radius 3 is 3.18 bits per heavy atom. The van der Waals surface area contributed by atoms with Crippen LogP contribution in [0.4, 0.5) is 5.69 Å². The molecule has 1 aromatic rings. The van der Waals surface area contributed by atoms with Gasteiger partial charge in [0.05, 0.1) is 5.69 Å². The topological polar surface area (TPSA) is 21.3 Å². The quantitative estimate of drug-likeness (QED) is 0.476. The van der Waals surface area contributed by atoms with Gasteiger partial charge in [0.25, 0.3) is 0 Å². The molecule has 1 N–H and O–H groups in total. The van der Waals surface area contributed by atoms with Crippen LogP contribution in [0.15, 0.2) is 18.2 Å². The number of hydrogen-bond donors (Lipinski definition) is 1. The first-order valence-electron chi connectivity index (χ1n) is 3.43. The van der Waals surface area contributed by atoms with Crippen LogP contribution in [0.25, 0.3) is 0 Å². The van der Waals surface area contributed by atoms with Gasteiger partial charge in [-0.1, -0.05) is 17.7 Å². The summed E-state index contributed by atoms with van der Waals surface area (Å²) in [5.74, 6) is 0.829. The van der Waals surface area contributed by atoms with E-state index in [2.05, 4.69) is 5.32 Å². The molecule has 0 saturated carbocycles. The normalized spacial score (nSPS) is 20.4. The first-order valence-corrected chi connectivity index (χ1v) is 3.87. The highest BCUT2D eigenvalue weighted by atomic mass is 35.5. The lowest BCUT2D eigenvalue weighted by Crippen LogP contribution is -2.10. The summed E-state index contributed by atoms with van der Waals surface area (Å²) in [5, 5.41) is 2.98. The molecule has 0 aromatic heterocycles. The molecule has 1 aliphatic rings. The molecule has 3 heteroatoms. The minimum atomic E-state index is -0.410. The Morgan fingerprint density at radius 2 is 2.36 bits per heavy atom. The van der Waals surface area contributed by atoms with Crippen LogP contribution < -0.4 is 10.1 Å². The number of rotatable bonds is 0. The number of anilines is 1. The average Bonchev–Trinajstić information content (AvgIpc) is 2.27. The van der Waals surface area contributed by atoms with Crippen LogP contribution in [-0.4, -0.2) is 5.69 Å². The summed E-state index contributed by atoms with van der Waals surface area (Å²) in [6, 6.07) is 5.92. The van der Waals surface area contributed by atoms with Crippen molar-refractivity contribution in [2.24, 2.45) is 0 Å². The van der Waals surface area contributed by atoms with E-state index in [4.69, 9.17) is 16.3 Å². The summed E-state index contributed by atoms with van der Waals surface area (Å²) >= 11 is 5.70. The van der Waals surface area contributed by atoms with Crippen LogP contribution >= 0.6 is 11.6 Å². The van der Waals surface area contributed by atoms with Crippen LogP contribution in [0.1, 0.15) is 5.56 Å². The van der Waals surface area contributed by atoms with E-state index in [9.17, 15) is 0 Å². The van der Waals surface area contributed by atoms with Gasteiger partial charge < -0.3 is 10.1 Å². The predicted molar refractivity (Wildman–Crippen MR) is 45.1 cm³/mol. The molecule has 1 aliphatic heterocycles. The van der Waals surface area contributed by atoms with E-state index < -0.39 is 5.69 Å². The highest BCUT2D eigenvalue weighted by Crippen LogP contribution is 2.33. The van der Waals surface area contributed by atoms with E-state index in [1.54, 1.807) is 0 Å². The molecule has 0 spiro atoms. The predicted octanol–water partition coefficient (Wildman–Crippen LogP) is 2.32. The van der Waals surface area contributed by atoms with Crippen LogP contribution in [0.5, 0.6) is 5.75 Å². The van der Waals surface area contributed by atoms with Gasteiger partial charge >= 0.3 is 0 Å². The largest absolute Gasteiger partial charge is 0.455 e. The first-order chi connectivity index (χ1) is 5.25. The summed E-state index contributed by atoms with van der Waals surface area (Å²) in [6.07, 6.45) is 0. The number of halogens is 1. The number of benzene rings is 1. The molecule has 1 heterocycles. The Bertz CT molecular complexity index is 287. The fraction of sp³-hybridized carbons (Fsp3) is 0.250. The Hall–Kier alpha value is -0.890. The number of fused-ring (bicyclic) bond motifs is 1. The standard InChI is InChI=1S/C8H8ClNO/c1-5-2-3-7-6(4-5)10-8(9)11-7/h2-4,8,10H,1H3. The maximum Gasteiger partial charge on any atom is 0.248 e. The molecule has 1 atom stereocenters. The Kier molecular flexibility index (Phi) is 1.43. The molecule has 0 amide bonds. The number of alkyl halides is 1. The van der Waals surface area contributed by atoms with E-state index in [0.717, 1.165) is 11.4 Å². The number of aryl methyl sites for hydroxylation is 1. The van der Waals surface area contributed by atoms with Gasteiger partial charge in [-0.2, -0.15) is 0 Å². The number of nitrogens with one attached hydrogen (secondary N) is 1. The van der Waals surface area contributed by atoms with Crippen molar-refractivity contribution in [1.82, 2.24) is 0 Å². The number of ether oxygens (including phenoxy) is 1. The maximum absolute atomic E-state index is 5.70. The van der Waals surface area contributed by atoms with E-state index in [-0.39, 0.29) is 0 Å². The Labute approximate surface area is 70.1 Å². The van der Waals surface area contributed by atoms with Gasteiger partial charge in [0, 0.05) is 0 Å². The van der Waals surface area contributed by atoms with Gasteiger partial charge in [-0.05, 0) is 24.6 Å². The smallest absolute Gasteiger partial charge is 0.248 e. The van der Waals surface area contributed by atoms with E-state index in [0.29, 0.717) is 0 Å². The summed E-state index contributed by atoms with van der Waals surface area (Å²) in [7, 11) is 0. The highest BCUT2D eigenvalue weighted by Gasteiger charge is 2.18. The van der Waals surface area contributed by atoms with Crippen molar-refractivity contribution >= 4 is 17.3 Å². The van der Waals surface area contributed by atoms with E-state index in [1.807, 2.05) is 25.1 Å². The lowest BCUT2D eigenvalue weighted by Gasteiger charge is -1.97. The monoisotopic (exact) mass is 169 g/mol. The third kappa shape index (κ3) is 1.14. The first kappa shape index (κ1) is 6.80. The second kappa shape index (κ2) is 2.31. The molecule has 58 valence electrons. The summed E-state index contributed by atoms with van der Waals surface area (Å²) in [6.45, 7) is 2.03. The van der Waals surface area contributed by atoms with Crippen LogP contribution in [0, 0.1) is 6.92 Å². The molecule has 0 radical (unpaired) electrons. The summed E-state index contributed by atoms with van der Waals surface area (Å²) in [4.78, 5) is 0. The summed E-state index contributed by atoms with van der Waals surface area (Å²) < 4.78 is 5.22. The number of hydrogen-bond acceptors (Lipinski definition) is 2. The minimum absolute atomic E-state index is 0.410. The van der Waals surface area contributed by atoms with Crippen LogP contribution in [0.2, 0.25) is 0 Å². The summed E-state index contributed by atoms with van der Waals surface area (Å²) in [5.41, 5.74) is 1.77. The van der Waals surface area contributed by atoms with Gasteiger partial charge in [0.15, 0.2) is 0 Å². The molecule has 2 rings (SSSR count). The zero-order valence-electron chi connectivity index (χ0n) is 6.10. The molecule has 0 fully saturated rings. The van der Waals surface area contributed by atoms with Gasteiger partial charge in [0.2, 0.25) is 5.69 Å². The van der Waals surface area contributed by atoms with E-state index >= 15 is 0 Å². The van der Waals surface area contributed by atoms with Crippen molar-refractivity contribution in [3.8, 4) is 5.75 Å². The van der Waals surface area contributed by atoms with Crippen LogP contribution in [-0.2, 0) is 0 Å². The average molecular weight is 170 g/mol. The van der Waals surface area contributed by atoms with Crippen molar-refractivity contribution in [1.29, 1.82) is 0 Å². The molecule has 2 nitrogen and oxygen atoms in total. The fourth-order valence-corrected chi connectivity index (χ4v) is 1.34. The van der Waals surface area contributed by atoms with Crippen molar-refractivity contribution in [3.05, 3.63) is 23.8 Å². The third-order valence-corrected chi connectivity index (χ3v) is 1.83. The molecule has 11 heavy (non-hydrogen) atoms. The second-order valence-electron chi connectivity index (χ2n) is 2.58. The SMILES string of the molecule is Cc1ccc2c(c1)NC(Cl)O2. The lowest BCUT2D eigenvalue weighted by molar-refractivity contribution is 0.334. The van der Waals surface area contributed by atoms with Gasteiger partial charge in [-0.15, -0.1) is 0 Å².